The third-order valence-electron chi connectivity index (χ3n) is 3.00. The third kappa shape index (κ3) is 2.88. The van der Waals surface area contributed by atoms with Gasteiger partial charge in [0.05, 0.1) is 7.11 Å². The number of carbonyl (C=O) groups excluding carboxylic acids is 1. The van der Waals surface area contributed by atoms with Crippen LogP contribution in [-0.4, -0.2) is 29.9 Å². The van der Waals surface area contributed by atoms with E-state index in [1.807, 2.05) is 24.3 Å². The predicted octanol–water partition coefficient (Wildman–Crippen LogP) is 1.66. The molecule has 0 atom stereocenters. The lowest BCUT2D eigenvalue weighted by molar-refractivity contribution is 0.0782. The van der Waals surface area contributed by atoms with E-state index in [-0.39, 0.29) is 16.9 Å². The molecule has 0 aliphatic rings. The lowest BCUT2D eigenvalue weighted by atomic mass is 10.1. The van der Waals surface area contributed by atoms with Crippen molar-refractivity contribution >= 4 is 5.91 Å². The fraction of sp³-hybridized carbons (Fsp3) is 0.200. The predicted molar refractivity (Wildman–Crippen MR) is 75.9 cm³/mol. The first kappa shape index (κ1) is 13.9. The monoisotopic (exact) mass is 272 g/mol. The van der Waals surface area contributed by atoms with E-state index in [1.165, 1.54) is 23.4 Å². The van der Waals surface area contributed by atoms with Gasteiger partial charge >= 0.3 is 0 Å². The highest BCUT2D eigenvalue weighted by atomic mass is 16.5. The maximum atomic E-state index is 12.2. The van der Waals surface area contributed by atoms with Gasteiger partial charge in [0.25, 0.3) is 5.91 Å². The number of amides is 1. The van der Waals surface area contributed by atoms with Crippen molar-refractivity contribution in [2.24, 2.45) is 0 Å². The molecule has 0 aliphatic heterocycles. The van der Waals surface area contributed by atoms with Crippen LogP contribution in [0, 0.1) is 0 Å². The molecule has 1 heterocycles. The molecular weight excluding hydrogens is 256 g/mol. The summed E-state index contributed by atoms with van der Waals surface area (Å²) in [5.41, 5.74) is 0.726. The number of hydrogen-bond acceptors (Lipinski definition) is 3. The molecule has 2 rings (SSSR count). The molecule has 0 fully saturated rings. The molecule has 20 heavy (non-hydrogen) atoms. The van der Waals surface area contributed by atoms with E-state index in [0.29, 0.717) is 12.3 Å². The highest BCUT2D eigenvalue weighted by Crippen LogP contribution is 2.19. The van der Waals surface area contributed by atoms with Gasteiger partial charge in [-0.3, -0.25) is 9.59 Å². The zero-order valence-electron chi connectivity index (χ0n) is 11.4. The molecule has 1 N–H and O–H groups in total. The molecular formula is C15H16N2O3. The molecule has 2 aromatic rings. The first-order valence-electron chi connectivity index (χ1n) is 6.18. The molecule has 0 unspecified atom stereocenters. The first-order valence-corrected chi connectivity index (χ1v) is 6.18. The summed E-state index contributed by atoms with van der Waals surface area (Å²) in [5.74, 6) is 0.395. The van der Waals surface area contributed by atoms with Crippen LogP contribution in [0.4, 0.5) is 0 Å². The Kier molecular flexibility index (Phi) is 4.20. The minimum atomic E-state index is -0.322. The number of ether oxygens (including phenoxy) is 1. The Morgan fingerprint density at radius 1 is 1.30 bits per heavy atom. The molecule has 0 aliphatic carbocycles. The number of nitrogens with zero attached hydrogens (tertiary/aromatic N) is 1. The molecule has 0 radical (unpaired) electrons. The fourth-order valence-electron chi connectivity index (χ4n) is 1.95. The topological polar surface area (TPSA) is 62.4 Å². The normalized spacial score (nSPS) is 10.1. The average molecular weight is 272 g/mol. The molecule has 1 amide bonds. The van der Waals surface area contributed by atoms with Crippen molar-refractivity contribution in [3.8, 4) is 5.75 Å². The van der Waals surface area contributed by atoms with Gasteiger partial charge in [0.2, 0.25) is 0 Å². The molecule has 5 heteroatoms. The van der Waals surface area contributed by atoms with E-state index < -0.39 is 0 Å². The highest BCUT2D eigenvalue weighted by Gasteiger charge is 2.16. The van der Waals surface area contributed by atoms with Crippen LogP contribution in [-0.2, 0) is 6.54 Å². The molecule has 0 saturated carbocycles. The minimum Gasteiger partial charge on any atom is -0.496 e. The van der Waals surface area contributed by atoms with Crippen LogP contribution >= 0.6 is 0 Å². The summed E-state index contributed by atoms with van der Waals surface area (Å²) in [6.07, 6.45) is 2.92. The maximum Gasteiger partial charge on any atom is 0.259 e. The molecule has 0 bridgehead atoms. The Morgan fingerprint density at radius 2 is 2.05 bits per heavy atom. The summed E-state index contributed by atoms with van der Waals surface area (Å²) in [7, 11) is 3.24. The van der Waals surface area contributed by atoms with Crippen molar-refractivity contribution in [2.75, 3.05) is 14.2 Å². The van der Waals surface area contributed by atoms with E-state index in [0.717, 1.165) is 5.56 Å². The lowest BCUT2D eigenvalue weighted by Crippen LogP contribution is -2.30. The van der Waals surface area contributed by atoms with Crippen LogP contribution in [0.3, 0.4) is 0 Å². The Morgan fingerprint density at radius 3 is 2.75 bits per heavy atom. The molecule has 1 aromatic heterocycles. The van der Waals surface area contributed by atoms with Crippen LogP contribution in [0.25, 0.3) is 0 Å². The Labute approximate surface area is 116 Å². The molecule has 0 saturated heterocycles. The number of aromatic nitrogens is 1. The molecule has 1 aromatic carbocycles. The zero-order valence-corrected chi connectivity index (χ0v) is 11.4. The molecule has 0 spiro atoms. The van der Waals surface area contributed by atoms with Crippen molar-refractivity contribution in [3.05, 3.63) is 64.1 Å². The van der Waals surface area contributed by atoms with Crippen LogP contribution in [0.5, 0.6) is 5.75 Å². The zero-order chi connectivity index (χ0) is 14.5. The first-order chi connectivity index (χ1) is 9.63. The second kappa shape index (κ2) is 6.06. The third-order valence-corrected chi connectivity index (χ3v) is 3.00. The molecule has 104 valence electrons. The second-order valence-corrected chi connectivity index (χ2v) is 4.40. The van der Waals surface area contributed by atoms with Gasteiger partial charge in [-0.05, 0) is 6.07 Å². The maximum absolute atomic E-state index is 12.2. The summed E-state index contributed by atoms with van der Waals surface area (Å²) in [5, 5.41) is 0. The lowest BCUT2D eigenvalue weighted by Gasteiger charge is -2.18. The van der Waals surface area contributed by atoms with Gasteiger partial charge in [-0.2, -0.15) is 0 Å². The number of nitrogens with one attached hydrogen (secondary N) is 1. The van der Waals surface area contributed by atoms with Gasteiger partial charge in [-0.25, -0.2) is 0 Å². The summed E-state index contributed by atoms with van der Waals surface area (Å²) >= 11 is 0. The fourth-order valence-corrected chi connectivity index (χ4v) is 1.95. The van der Waals surface area contributed by atoms with E-state index in [9.17, 15) is 9.59 Å². The summed E-state index contributed by atoms with van der Waals surface area (Å²) in [6, 6.07) is 8.81. The van der Waals surface area contributed by atoms with Crippen LogP contribution < -0.4 is 10.2 Å². The van der Waals surface area contributed by atoms with Gasteiger partial charge in [0.15, 0.2) is 5.43 Å². The quantitative estimate of drug-likeness (QED) is 0.920. The number of pyridine rings is 1. The standard InChI is InChI=1S/C15H16N2O3/c1-17(10-11-5-3-4-6-14(11)20-2)15(19)12-9-16-8-7-13(12)18/h3-9H,10H2,1-2H3,(H,16,18). The van der Waals surface area contributed by atoms with Crippen LogP contribution in [0.1, 0.15) is 15.9 Å². The van der Waals surface area contributed by atoms with Crippen LogP contribution in [0.15, 0.2) is 47.5 Å². The Balaban J connectivity index is 2.20. The summed E-state index contributed by atoms with van der Waals surface area (Å²) in [6.45, 7) is 0.372. The van der Waals surface area contributed by atoms with E-state index in [2.05, 4.69) is 4.98 Å². The van der Waals surface area contributed by atoms with Crippen molar-refractivity contribution in [3.63, 3.8) is 0 Å². The Bertz CT molecular complexity index is 664. The average Bonchev–Trinajstić information content (AvgIpc) is 2.47. The van der Waals surface area contributed by atoms with Gasteiger partial charge in [0.1, 0.15) is 11.3 Å². The van der Waals surface area contributed by atoms with E-state index in [4.69, 9.17) is 4.74 Å². The van der Waals surface area contributed by atoms with Gasteiger partial charge < -0.3 is 14.6 Å². The van der Waals surface area contributed by atoms with Crippen molar-refractivity contribution < 1.29 is 9.53 Å². The van der Waals surface area contributed by atoms with Gasteiger partial charge in [-0.15, -0.1) is 0 Å². The Hall–Kier alpha value is -2.56. The minimum absolute atomic E-state index is 0.130. The number of methoxy groups -OCH3 is 1. The molecule has 5 nitrogen and oxygen atoms in total. The number of para-hydroxylation sites is 1. The SMILES string of the molecule is COc1ccccc1CN(C)C(=O)c1c[nH]ccc1=O. The number of carbonyl (C=O) groups is 1. The van der Waals surface area contributed by atoms with E-state index in [1.54, 1.807) is 14.2 Å². The summed E-state index contributed by atoms with van der Waals surface area (Å²) in [4.78, 5) is 28.1. The highest BCUT2D eigenvalue weighted by molar-refractivity contribution is 5.93. The van der Waals surface area contributed by atoms with Crippen molar-refractivity contribution in [1.82, 2.24) is 9.88 Å². The van der Waals surface area contributed by atoms with Crippen LogP contribution in [0.2, 0.25) is 0 Å². The number of H-pyrrole nitrogens is 1. The number of aromatic amines is 1. The van der Waals surface area contributed by atoms with Gasteiger partial charge in [0, 0.05) is 37.6 Å². The van der Waals surface area contributed by atoms with Gasteiger partial charge in [-0.1, -0.05) is 18.2 Å². The second-order valence-electron chi connectivity index (χ2n) is 4.40. The van der Waals surface area contributed by atoms with Crippen molar-refractivity contribution in [2.45, 2.75) is 6.54 Å². The number of hydrogen-bond donors (Lipinski definition) is 1. The van der Waals surface area contributed by atoms with Crippen molar-refractivity contribution in [1.29, 1.82) is 0 Å². The number of rotatable bonds is 4. The smallest absolute Gasteiger partial charge is 0.259 e. The largest absolute Gasteiger partial charge is 0.496 e. The number of benzene rings is 1. The van der Waals surface area contributed by atoms with E-state index >= 15 is 0 Å². The summed E-state index contributed by atoms with van der Waals surface area (Å²) < 4.78 is 5.25.